The predicted octanol–water partition coefficient (Wildman–Crippen LogP) is 3.49. The Labute approximate surface area is 156 Å². The first kappa shape index (κ1) is 20.2. The van der Waals surface area contributed by atoms with Crippen LogP contribution in [0.15, 0.2) is 23.1 Å². The Morgan fingerprint density at radius 1 is 1.20 bits per heavy atom. The van der Waals surface area contributed by atoms with Crippen LogP contribution in [0.25, 0.3) is 0 Å². The highest BCUT2D eigenvalue weighted by Crippen LogP contribution is 2.28. The Kier molecular flexibility index (Phi) is 6.51. The Hall–Kier alpha value is -1.11. The topological polar surface area (TPSA) is 57.7 Å². The van der Waals surface area contributed by atoms with Crippen LogP contribution in [0.5, 0.6) is 0 Å². The lowest BCUT2D eigenvalue weighted by atomic mass is 9.91. The van der Waals surface area contributed by atoms with Crippen molar-refractivity contribution < 1.29 is 13.2 Å². The molecule has 0 aliphatic carbocycles. The molecule has 0 aromatic heterocycles. The van der Waals surface area contributed by atoms with Gasteiger partial charge in [-0.1, -0.05) is 39.3 Å². The Morgan fingerprint density at radius 2 is 1.76 bits per heavy atom. The van der Waals surface area contributed by atoms with Crippen LogP contribution in [0.2, 0.25) is 5.02 Å². The van der Waals surface area contributed by atoms with Gasteiger partial charge >= 0.3 is 0 Å². The van der Waals surface area contributed by atoms with Crippen LogP contribution in [0.3, 0.4) is 0 Å². The van der Waals surface area contributed by atoms with E-state index >= 15 is 0 Å². The second kappa shape index (κ2) is 8.06. The summed E-state index contributed by atoms with van der Waals surface area (Å²) in [5.74, 6) is 0.754. The first-order valence-corrected chi connectivity index (χ1v) is 10.6. The monoisotopic (exact) mass is 386 g/mol. The van der Waals surface area contributed by atoms with E-state index in [-0.39, 0.29) is 15.8 Å². The number of hydrogen-bond donors (Lipinski definition) is 0. The molecule has 0 saturated carbocycles. The van der Waals surface area contributed by atoms with Crippen molar-refractivity contribution in [1.29, 1.82) is 0 Å². The minimum absolute atomic E-state index is 0.00169. The third-order valence-electron chi connectivity index (χ3n) is 4.66. The highest BCUT2D eigenvalue weighted by atomic mass is 35.5. The fraction of sp³-hybridized carbons (Fsp3) is 0.611. The van der Waals surface area contributed by atoms with E-state index in [1.807, 2.05) is 4.90 Å². The van der Waals surface area contributed by atoms with Gasteiger partial charge in [-0.2, -0.15) is 4.31 Å². The zero-order valence-electron chi connectivity index (χ0n) is 15.3. The molecule has 7 heteroatoms. The van der Waals surface area contributed by atoms with Crippen LogP contribution in [-0.4, -0.2) is 49.7 Å². The zero-order valence-corrected chi connectivity index (χ0v) is 16.9. The van der Waals surface area contributed by atoms with Gasteiger partial charge in [-0.15, -0.1) is 0 Å². The second-order valence-corrected chi connectivity index (χ2v) is 9.20. The van der Waals surface area contributed by atoms with Gasteiger partial charge in [0.2, 0.25) is 10.0 Å². The number of carbonyl (C=O) groups is 1. The minimum Gasteiger partial charge on any atom is -0.338 e. The Morgan fingerprint density at radius 3 is 2.28 bits per heavy atom. The zero-order chi connectivity index (χ0) is 18.8. The summed E-state index contributed by atoms with van der Waals surface area (Å²) in [4.78, 5) is 14.7. The molecule has 25 heavy (non-hydrogen) atoms. The lowest BCUT2D eigenvalue weighted by Crippen LogP contribution is -2.42. The normalized spacial score (nSPS) is 21.6. The highest BCUT2D eigenvalue weighted by molar-refractivity contribution is 7.89. The van der Waals surface area contributed by atoms with Crippen molar-refractivity contribution in [2.45, 2.75) is 39.0 Å². The second-order valence-electron chi connectivity index (χ2n) is 6.89. The summed E-state index contributed by atoms with van der Waals surface area (Å²) in [5, 5.41) is 0.142. The molecule has 0 N–H and O–H groups in total. The molecular weight excluding hydrogens is 360 g/mol. The van der Waals surface area contributed by atoms with E-state index in [4.69, 9.17) is 11.6 Å². The molecule has 2 rings (SSSR count). The fourth-order valence-corrected chi connectivity index (χ4v) is 5.51. The molecule has 1 amide bonds. The summed E-state index contributed by atoms with van der Waals surface area (Å²) in [5.41, 5.74) is 0.372. The van der Waals surface area contributed by atoms with Gasteiger partial charge in [0.15, 0.2) is 0 Å². The summed E-state index contributed by atoms with van der Waals surface area (Å²) in [6.45, 7) is 9.93. The number of nitrogens with zero attached hydrogens (tertiary/aromatic N) is 2. The number of likely N-dealkylation sites (tertiary alicyclic amines) is 1. The Balaban J connectivity index is 2.37. The summed E-state index contributed by atoms with van der Waals surface area (Å²) in [7, 11) is -3.71. The molecule has 1 saturated heterocycles. The number of amides is 1. The number of halogens is 1. The third-order valence-corrected chi connectivity index (χ3v) is 7.19. The quantitative estimate of drug-likeness (QED) is 0.778. The van der Waals surface area contributed by atoms with E-state index in [1.165, 1.54) is 16.4 Å². The molecule has 0 unspecified atom stereocenters. The Bertz CT molecular complexity index is 722. The molecule has 0 bridgehead atoms. The maximum absolute atomic E-state index is 12.9. The van der Waals surface area contributed by atoms with E-state index in [2.05, 4.69) is 13.8 Å². The lowest BCUT2D eigenvalue weighted by molar-refractivity contribution is 0.0623. The molecular formula is C18H27ClN2O3S. The van der Waals surface area contributed by atoms with E-state index in [0.29, 0.717) is 43.6 Å². The summed E-state index contributed by atoms with van der Waals surface area (Å²) in [6.07, 6.45) is 1.10. The average Bonchev–Trinajstić information content (AvgIpc) is 2.54. The molecule has 1 heterocycles. The van der Waals surface area contributed by atoms with Crippen molar-refractivity contribution in [3.05, 3.63) is 28.8 Å². The third kappa shape index (κ3) is 4.36. The molecule has 1 fully saturated rings. The maximum atomic E-state index is 12.9. The SMILES string of the molecule is CCN(CC)S(=O)(=O)c1cc(C(=O)N2C[C@@H](C)C[C@H](C)C2)ccc1Cl. The standard InChI is InChI=1S/C18H27ClN2O3S/c1-5-21(6-2)25(23,24)17-10-15(7-8-16(17)19)18(22)20-11-13(3)9-14(4)12-20/h7-8,10,13-14H,5-6,9,11-12H2,1-4H3/t13-,14-/m0/s1. The van der Waals surface area contributed by atoms with Gasteiger partial charge in [0.25, 0.3) is 5.91 Å². The van der Waals surface area contributed by atoms with E-state index in [0.717, 1.165) is 6.42 Å². The van der Waals surface area contributed by atoms with Gasteiger partial charge in [-0.05, 0) is 36.5 Å². The first-order chi connectivity index (χ1) is 11.7. The van der Waals surface area contributed by atoms with E-state index in [1.54, 1.807) is 19.9 Å². The van der Waals surface area contributed by atoms with Gasteiger partial charge in [-0.3, -0.25) is 4.79 Å². The van der Waals surface area contributed by atoms with Crippen molar-refractivity contribution in [2.75, 3.05) is 26.2 Å². The van der Waals surface area contributed by atoms with Gasteiger partial charge in [0.1, 0.15) is 4.90 Å². The van der Waals surface area contributed by atoms with Crippen molar-refractivity contribution in [2.24, 2.45) is 11.8 Å². The minimum atomic E-state index is -3.71. The summed E-state index contributed by atoms with van der Waals surface area (Å²) in [6, 6.07) is 4.53. The van der Waals surface area contributed by atoms with E-state index < -0.39 is 10.0 Å². The molecule has 5 nitrogen and oxygen atoms in total. The van der Waals surface area contributed by atoms with E-state index in [9.17, 15) is 13.2 Å². The number of benzene rings is 1. The van der Waals surface area contributed by atoms with Crippen LogP contribution >= 0.6 is 11.6 Å². The van der Waals surface area contributed by atoms with Crippen LogP contribution in [0, 0.1) is 11.8 Å². The van der Waals surface area contributed by atoms with Gasteiger partial charge in [-0.25, -0.2) is 8.42 Å². The molecule has 0 radical (unpaired) electrons. The fourth-order valence-electron chi connectivity index (χ4n) is 3.55. The highest BCUT2D eigenvalue weighted by Gasteiger charge is 2.29. The first-order valence-electron chi connectivity index (χ1n) is 8.79. The van der Waals surface area contributed by atoms with Crippen LogP contribution in [0.4, 0.5) is 0 Å². The van der Waals surface area contributed by atoms with Gasteiger partial charge in [0, 0.05) is 31.7 Å². The number of sulfonamides is 1. The van der Waals surface area contributed by atoms with Crippen LogP contribution < -0.4 is 0 Å². The number of piperidine rings is 1. The lowest BCUT2D eigenvalue weighted by Gasteiger charge is -2.35. The number of rotatable bonds is 5. The largest absolute Gasteiger partial charge is 0.338 e. The van der Waals surface area contributed by atoms with Crippen LogP contribution in [-0.2, 0) is 10.0 Å². The molecule has 1 aromatic carbocycles. The van der Waals surface area contributed by atoms with Crippen molar-refractivity contribution in [1.82, 2.24) is 9.21 Å². The molecule has 1 aliphatic heterocycles. The van der Waals surface area contributed by atoms with Crippen molar-refractivity contribution in [3.8, 4) is 0 Å². The molecule has 0 spiro atoms. The summed E-state index contributed by atoms with van der Waals surface area (Å²) < 4.78 is 26.9. The van der Waals surface area contributed by atoms with Crippen molar-refractivity contribution >= 4 is 27.5 Å². The smallest absolute Gasteiger partial charge is 0.253 e. The molecule has 1 aliphatic rings. The average molecular weight is 387 g/mol. The molecule has 2 atom stereocenters. The predicted molar refractivity (Wildman–Crippen MR) is 100 cm³/mol. The number of hydrogen-bond acceptors (Lipinski definition) is 3. The van der Waals surface area contributed by atoms with Crippen molar-refractivity contribution in [3.63, 3.8) is 0 Å². The number of carbonyl (C=O) groups excluding carboxylic acids is 1. The molecule has 1 aromatic rings. The summed E-state index contributed by atoms with van der Waals surface area (Å²) >= 11 is 6.14. The maximum Gasteiger partial charge on any atom is 0.253 e. The van der Waals surface area contributed by atoms with Gasteiger partial charge < -0.3 is 4.90 Å². The van der Waals surface area contributed by atoms with Crippen LogP contribution in [0.1, 0.15) is 44.5 Å². The van der Waals surface area contributed by atoms with Gasteiger partial charge in [0.05, 0.1) is 5.02 Å². The molecule has 140 valence electrons.